The van der Waals surface area contributed by atoms with Crippen LogP contribution in [-0.2, 0) is 16.0 Å². The van der Waals surface area contributed by atoms with Gasteiger partial charge in [-0.2, -0.15) is 0 Å². The SMILES string of the molecule is NC(=O)CNC(=O)c1cc2ccccc2cc1OCCCCN1CCN[C@H](Cc2ccccc2)C1=O. The van der Waals surface area contributed by atoms with Gasteiger partial charge in [0.2, 0.25) is 11.8 Å². The van der Waals surface area contributed by atoms with Crippen molar-refractivity contribution in [2.75, 3.05) is 32.8 Å². The number of fused-ring (bicyclic) bond motifs is 1. The maximum atomic E-state index is 12.9. The summed E-state index contributed by atoms with van der Waals surface area (Å²) in [6.45, 7) is 2.30. The van der Waals surface area contributed by atoms with Gasteiger partial charge in [-0.05, 0) is 47.7 Å². The highest BCUT2D eigenvalue weighted by Crippen LogP contribution is 2.26. The van der Waals surface area contributed by atoms with Crippen molar-refractivity contribution in [2.24, 2.45) is 5.73 Å². The number of hydrogen-bond donors (Lipinski definition) is 3. The molecule has 1 saturated heterocycles. The van der Waals surface area contributed by atoms with E-state index < -0.39 is 11.8 Å². The minimum absolute atomic E-state index is 0.133. The standard InChI is InChI=1S/C28H32N4O4/c29-26(33)19-31-27(34)23-17-21-10-4-5-11-22(21)18-25(23)36-15-7-6-13-32-14-12-30-24(28(32)35)16-20-8-2-1-3-9-20/h1-5,8-11,17-18,24,30H,6-7,12-16,19H2,(H2,29,33)(H,31,34)/t24-/m1/s1. The topological polar surface area (TPSA) is 114 Å². The summed E-state index contributed by atoms with van der Waals surface area (Å²) in [5.41, 5.74) is 6.66. The Morgan fingerprint density at radius 1 is 1.03 bits per heavy atom. The Balaban J connectivity index is 1.31. The van der Waals surface area contributed by atoms with E-state index in [4.69, 9.17) is 10.5 Å². The lowest BCUT2D eigenvalue weighted by Crippen LogP contribution is -2.56. The molecule has 1 aliphatic rings. The minimum Gasteiger partial charge on any atom is -0.493 e. The number of nitrogens with one attached hydrogen (secondary N) is 2. The van der Waals surface area contributed by atoms with Crippen molar-refractivity contribution in [3.63, 3.8) is 0 Å². The molecule has 188 valence electrons. The number of carbonyl (C=O) groups is 3. The molecule has 3 aromatic rings. The van der Waals surface area contributed by atoms with E-state index in [0.717, 1.165) is 35.7 Å². The molecule has 1 fully saturated rings. The summed E-state index contributed by atoms with van der Waals surface area (Å²) < 4.78 is 6.00. The Labute approximate surface area is 210 Å². The summed E-state index contributed by atoms with van der Waals surface area (Å²) in [7, 11) is 0. The minimum atomic E-state index is -0.611. The van der Waals surface area contributed by atoms with Gasteiger partial charge in [-0.25, -0.2) is 0 Å². The fourth-order valence-electron chi connectivity index (χ4n) is 4.39. The van der Waals surface area contributed by atoms with Crippen molar-refractivity contribution in [3.05, 3.63) is 77.9 Å². The zero-order chi connectivity index (χ0) is 25.3. The zero-order valence-electron chi connectivity index (χ0n) is 20.2. The van der Waals surface area contributed by atoms with Crippen LogP contribution in [0, 0.1) is 0 Å². The van der Waals surface area contributed by atoms with Crippen LogP contribution in [0.3, 0.4) is 0 Å². The molecule has 0 aromatic heterocycles. The monoisotopic (exact) mass is 488 g/mol. The van der Waals surface area contributed by atoms with Crippen LogP contribution in [0.2, 0.25) is 0 Å². The third kappa shape index (κ3) is 6.60. The smallest absolute Gasteiger partial charge is 0.255 e. The highest BCUT2D eigenvalue weighted by Gasteiger charge is 2.27. The van der Waals surface area contributed by atoms with Crippen LogP contribution in [0.1, 0.15) is 28.8 Å². The first-order valence-corrected chi connectivity index (χ1v) is 12.3. The van der Waals surface area contributed by atoms with E-state index in [9.17, 15) is 14.4 Å². The van der Waals surface area contributed by atoms with Gasteiger partial charge in [0, 0.05) is 19.6 Å². The molecule has 4 rings (SSSR count). The van der Waals surface area contributed by atoms with Gasteiger partial charge in [0.25, 0.3) is 5.91 Å². The lowest BCUT2D eigenvalue weighted by molar-refractivity contribution is -0.135. The van der Waals surface area contributed by atoms with Gasteiger partial charge in [0.05, 0.1) is 24.8 Å². The van der Waals surface area contributed by atoms with Gasteiger partial charge in [-0.15, -0.1) is 0 Å². The van der Waals surface area contributed by atoms with Crippen LogP contribution in [-0.4, -0.2) is 61.4 Å². The molecule has 1 heterocycles. The third-order valence-electron chi connectivity index (χ3n) is 6.26. The van der Waals surface area contributed by atoms with E-state index in [1.54, 1.807) is 6.07 Å². The normalized spacial score (nSPS) is 15.6. The summed E-state index contributed by atoms with van der Waals surface area (Å²) in [6.07, 6.45) is 2.21. The van der Waals surface area contributed by atoms with Crippen molar-refractivity contribution < 1.29 is 19.1 Å². The highest BCUT2D eigenvalue weighted by atomic mass is 16.5. The second-order valence-corrected chi connectivity index (χ2v) is 8.92. The largest absolute Gasteiger partial charge is 0.493 e. The first-order valence-electron chi connectivity index (χ1n) is 12.3. The third-order valence-corrected chi connectivity index (χ3v) is 6.26. The maximum absolute atomic E-state index is 12.9. The second-order valence-electron chi connectivity index (χ2n) is 8.92. The summed E-state index contributed by atoms with van der Waals surface area (Å²) >= 11 is 0. The number of nitrogens with zero attached hydrogens (tertiary/aromatic N) is 1. The number of nitrogens with two attached hydrogens (primary N) is 1. The maximum Gasteiger partial charge on any atom is 0.255 e. The number of carbonyl (C=O) groups excluding carboxylic acids is 3. The molecule has 3 aromatic carbocycles. The van der Waals surface area contributed by atoms with E-state index in [0.29, 0.717) is 37.4 Å². The number of ether oxygens (including phenoxy) is 1. The summed E-state index contributed by atoms with van der Waals surface area (Å²) in [5.74, 6) is -0.434. The lowest BCUT2D eigenvalue weighted by Gasteiger charge is -2.33. The number of primary amides is 1. The van der Waals surface area contributed by atoms with Crippen molar-refractivity contribution in [1.29, 1.82) is 0 Å². The Bertz CT molecular complexity index is 1210. The van der Waals surface area contributed by atoms with Crippen molar-refractivity contribution in [2.45, 2.75) is 25.3 Å². The molecule has 36 heavy (non-hydrogen) atoms. The number of hydrogen-bond acceptors (Lipinski definition) is 5. The van der Waals surface area contributed by atoms with Crippen LogP contribution in [0.15, 0.2) is 66.7 Å². The number of piperazine rings is 1. The Hall–Kier alpha value is -3.91. The molecule has 8 heteroatoms. The van der Waals surface area contributed by atoms with Crippen LogP contribution in [0.4, 0.5) is 0 Å². The molecule has 3 amide bonds. The molecule has 0 bridgehead atoms. The Kier molecular flexibility index (Phi) is 8.52. The van der Waals surface area contributed by atoms with Gasteiger partial charge in [0.15, 0.2) is 0 Å². The average Bonchev–Trinajstić information content (AvgIpc) is 2.89. The van der Waals surface area contributed by atoms with Crippen LogP contribution in [0.25, 0.3) is 10.8 Å². The second kappa shape index (κ2) is 12.2. The van der Waals surface area contributed by atoms with Crippen molar-refractivity contribution >= 4 is 28.5 Å². The fourth-order valence-corrected chi connectivity index (χ4v) is 4.39. The quantitative estimate of drug-likeness (QED) is 0.358. The summed E-state index contributed by atoms with van der Waals surface area (Å²) in [5, 5.41) is 7.72. The predicted octanol–water partition coefficient (Wildman–Crippen LogP) is 2.26. The molecule has 0 aliphatic carbocycles. The molecule has 1 aliphatic heterocycles. The molecule has 0 radical (unpaired) electrons. The van der Waals surface area contributed by atoms with E-state index in [2.05, 4.69) is 10.6 Å². The molecule has 0 unspecified atom stereocenters. The Morgan fingerprint density at radius 3 is 2.50 bits per heavy atom. The number of rotatable bonds is 11. The first kappa shape index (κ1) is 25.2. The first-order chi connectivity index (χ1) is 17.5. The van der Waals surface area contributed by atoms with Crippen LogP contribution < -0.4 is 21.1 Å². The summed E-state index contributed by atoms with van der Waals surface area (Å²) in [6, 6.07) is 21.1. The number of amides is 3. The highest BCUT2D eigenvalue weighted by molar-refractivity contribution is 6.02. The van der Waals surface area contributed by atoms with Gasteiger partial charge in [-0.1, -0.05) is 54.6 Å². The van der Waals surface area contributed by atoms with Gasteiger partial charge < -0.3 is 26.0 Å². The van der Waals surface area contributed by atoms with E-state index in [1.165, 1.54) is 0 Å². The zero-order valence-corrected chi connectivity index (χ0v) is 20.2. The van der Waals surface area contributed by atoms with Crippen molar-refractivity contribution in [1.82, 2.24) is 15.5 Å². The number of unbranched alkanes of at least 4 members (excludes halogenated alkanes) is 1. The molecule has 0 spiro atoms. The molecule has 4 N–H and O–H groups in total. The van der Waals surface area contributed by atoms with Gasteiger partial charge >= 0.3 is 0 Å². The van der Waals surface area contributed by atoms with Crippen LogP contribution >= 0.6 is 0 Å². The lowest BCUT2D eigenvalue weighted by atomic mass is 10.0. The van der Waals surface area contributed by atoms with E-state index in [1.807, 2.05) is 65.6 Å². The summed E-state index contributed by atoms with van der Waals surface area (Å²) in [4.78, 5) is 38.6. The molecular weight excluding hydrogens is 456 g/mol. The average molecular weight is 489 g/mol. The molecular formula is C28H32N4O4. The molecule has 8 nitrogen and oxygen atoms in total. The van der Waals surface area contributed by atoms with Gasteiger partial charge in [0.1, 0.15) is 5.75 Å². The number of benzene rings is 3. The molecule has 1 atom stereocenters. The fraction of sp³-hybridized carbons (Fsp3) is 0.321. The molecule has 0 saturated carbocycles. The van der Waals surface area contributed by atoms with Gasteiger partial charge in [-0.3, -0.25) is 14.4 Å². The predicted molar refractivity (Wildman–Crippen MR) is 139 cm³/mol. The van der Waals surface area contributed by atoms with E-state index >= 15 is 0 Å². The van der Waals surface area contributed by atoms with E-state index in [-0.39, 0.29) is 18.5 Å². The van der Waals surface area contributed by atoms with Crippen LogP contribution in [0.5, 0.6) is 5.75 Å². The Morgan fingerprint density at radius 2 is 1.75 bits per heavy atom. The van der Waals surface area contributed by atoms with Crippen molar-refractivity contribution in [3.8, 4) is 5.75 Å².